The van der Waals surface area contributed by atoms with Gasteiger partial charge in [0.25, 0.3) is 10.0 Å². The normalized spacial score (nSPS) is 11.7. The van der Waals surface area contributed by atoms with Crippen molar-refractivity contribution in [2.24, 2.45) is 5.14 Å². The van der Waals surface area contributed by atoms with E-state index in [-0.39, 0.29) is 21.6 Å². The Hall–Kier alpha value is -4.01. The summed E-state index contributed by atoms with van der Waals surface area (Å²) in [4.78, 5) is 8.66. The van der Waals surface area contributed by atoms with Crippen LogP contribution in [0.4, 0.5) is 29.0 Å². The van der Waals surface area contributed by atoms with Gasteiger partial charge in [-0.15, -0.1) is 0 Å². The van der Waals surface area contributed by atoms with Crippen molar-refractivity contribution in [1.29, 1.82) is 0 Å². The Bertz CT molecular complexity index is 1580. The summed E-state index contributed by atoms with van der Waals surface area (Å²) >= 11 is 0. The molecule has 0 aliphatic rings. The van der Waals surface area contributed by atoms with Crippen LogP contribution >= 0.6 is 0 Å². The van der Waals surface area contributed by atoms with E-state index in [4.69, 9.17) is 9.66 Å². The van der Waals surface area contributed by atoms with Crippen molar-refractivity contribution in [3.63, 3.8) is 0 Å². The van der Waals surface area contributed by atoms with Gasteiger partial charge in [-0.3, -0.25) is 4.72 Å². The van der Waals surface area contributed by atoms with Crippen LogP contribution in [0.15, 0.2) is 75.1 Å². The molecule has 2 aromatic heterocycles. The molecule has 0 amide bonds. The molecule has 0 bridgehead atoms. The molecule has 0 aliphatic carbocycles. The van der Waals surface area contributed by atoms with Crippen LogP contribution in [0.2, 0.25) is 0 Å². The van der Waals surface area contributed by atoms with Crippen LogP contribution in [-0.2, 0) is 20.0 Å². The third-order valence-electron chi connectivity index (χ3n) is 4.68. The molecule has 2 heterocycles. The number of nitrogens with two attached hydrogens (primary N) is 1. The molecule has 0 unspecified atom stereocenters. The minimum atomic E-state index is -3.85. The van der Waals surface area contributed by atoms with Gasteiger partial charge in [-0.2, -0.15) is 4.98 Å². The number of rotatable bonds is 8. The molecule has 182 valence electrons. The molecule has 5 N–H and O–H groups in total. The number of aryl methyl sites for hydroxylation is 2. The largest absolute Gasteiger partial charge is 0.360 e. The number of anilines is 5. The maximum absolute atomic E-state index is 12.5. The zero-order valence-corrected chi connectivity index (χ0v) is 20.2. The molecular weight excluding hydrogens is 494 g/mol. The molecule has 0 aliphatic heterocycles. The monoisotopic (exact) mass is 515 g/mol. The van der Waals surface area contributed by atoms with Crippen LogP contribution in [0.1, 0.15) is 11.3 Å². The van der Waals surface area contributed by atoms with Crippen LogP contribution in [0.5, 0.6) is 0 Å². The average molecular weight is 516 g/mol. The highest BCUT2D eigenvalue weighted by Crippen LogP contribution is 2.24. The smallest absolute Gasteiger partial charge is 0.263 e. The van der Waals surface area contributed by atoms with Gasteiger partial charge in [0.2, 0.25) is 16.0 Å². The van der Waals surface area contributed by atoms with Crippen molar-refractivity contribution in [2.45, 2.75) is 23.6 Å². The minimum Gasteiger partial charge on any atom is -0.360 e. The van der Waals surface area contributed by atoms with Gasteiger partial charge in [-0.05, 0) is 56.3 Å². The van der Waals surface area contributed by atoms with Gasteiger partial charge in [0.1, 0.15) is 11.6 Å². The summed E-state index contributed by atoms with van der Waals surface area (Å²) in [5, 5.41) is 14.9. The number of primary sulfonamides is 1. The first-order chi connectivity index (χ1) is 16.5. The molecule has 0 spiro atoms. The van der Waals surface area contributed by atoms with Crippen molar-refractivity contribution < 1.29 is 21.4 Å². The Labute approximate surface area is 201 Å². The second kappa shape index (κ2) is 9.32. The lowest BCUT2D eigenvalue weighted by molar-refractivity contribution is 0.400. The quantitative estimate of drug-likeness (QED) is 0.272. The summed E-state index contributed by atoms with van der Waals surface area (Å²) < 4.78 is 55.5. The molecular formula is C21H21N7O5S2. The second-order valence-corrected chi connectivity index (χ2v) is 10.7. The fraction of sp³-hybridized carbons (Fsp3) is 0.0952. The molecule has 35 heavy (non-hydrogen) atoms. The predicted molar refractivity (Wildman–Crippen MR) is 130 cm³/mol. The summed E-state index contributed by atoms with van der Waals surface area (Å²) in [7, 11) is -7.69. The fourth-order valence-corrected chi connectivity index (χ4v) is 4.52. The highest BCUT2D eigenvalue weighted by Gasteiger charge is 2.16. The molecule has 0 saturated carbocycles. The molecule has 2 aromatic carbocycles. The van der Waals surface area contributed by atoms with E-state index in [9.17, 15) is 16.8 Å². The van der Waals surface area contributed by atoms with E-state index in [1.165, 1.54) is 30.3 Å². The van der Waals surface area contributed by atoms with E-state index in [2.05, 4.69) is 30.5 Å². The van der Waals surface area contributed by atoms with Gasteiger partial charge in [-0.1, -0.05) is 11.2 Å². The first-order valence-corrected chi connectivity index (χ1v) is 13.1. The van der Waals surface area contributed by atoms with Crippen molar-refractivity contribution >= 4 is 49.0 Å². The number of nitrogens with zero attached hydrogens (tertiary/aromatic N) is 3. The summed E-state index contributed by atoms with van der Waals surface area (Å²) in [6, 6.07) is 13.5. The van der Waals surface area contributed by atoms with E-state index >= 15 is 0 Å². The Balaban J connectivity index is 1.50. The zero-order chi connectivity index (χ0) is 25.2. The van der Waals surface area contributed by atoms with E-state index in [1.54, 1.807) is 44.3 Å². The lowest BCUT2D eigenvalue weighted by Crippen LogP contribution is -2.13. The van der Waals surface area contributed by atoms with Gasteiger partial charge < -0.3 is 15.2 Å². The predicted octanol–water partition coefficient (Wildman–Crippen LogP) is 3.02. The van der Waals surface area contributed by atoms with E-state index in [0.29, 0.717) is 28.5 Å². The SMILES string of the molecule is Cc1cc(NS(=O)(=O)c2ccc(Nc3ncc(C)c(Nc4cccc(S(N)(=O)=O)c4)n3)cc2)no1. The molecule has 0 saturated heterocycles. The first-order valence-electron chi connectivity index (χ1n) is 10.1. The van der Waals surface area contributed by atoms with E-state index in [1.807, 2.05) is 0 Å². The summed E-state index contributed by atoms with van der Waals surface area (Å²) in [5.41, 5.74) is 1.74. The Morgan fingerprint density at radius 2 is 1.63 bits per heavy atom. The second-order valence-electron chi connectivity index (χ2n) is 7.50. The summed E-state index contributed by atoms with van der Waals surface area (Å²) in [6.07, 6.45) is 1.59. The lowest BCUT2D eigenvalue weighted by Gasteiger charge is -2.12. The number of benzene rings is 2. The van der Waals surface area contributed by atoms with Gasteiger partial charge in [0.15, 0.2) is 5.82 Å². The lowest BCUT2D eigenvalue weighted by atomic mass is 10.3. The number of nitrogens with one attached hydrogen (secondary N) is 3. The zero-order valence-electron chi connectivity index (χ0n) is 18.6. The van der Waals surface area contributed by atoms with Crippen molar-refractivity contribution in [2.75, 3.05) is 15.4 Å². The van der Waals surface area contributed by atoms with E-state index < -0.39 is 20.0 Å². The molecule has 14 heteroatoms. The minimum absolute atomic E-state index is 0.0317. The van der Waals surface area contributed by atoms with Crippen LogP contribution in [0.25, 0.3) is 0 Å². The van der Waals surface area contributed by atoms with Gasteiger partial charge in [0, 0.05) is 29.2 Å². The standard InChI is InChI=1S/C21H21N7O5S2/c1-13-12-23-21(26-20(13)24-16-4-3-5-18(11-16)34(22,29)30)25-15-6-8-17(9-7-15)35(31,32)28-19-10-14(2)33-27-19/h3-12H,1-2H3,(H,27,28)(H2,22,29,30)(H2,23,24,25,26). The molecule has 12 nitrogen and oxygen atoms in total. The third kappa shape index (κ3) is 5.92. The number of sulfonamides is 2. The maximum atomic E-state index is 12.5. The molecule has 4 aromatic rings. The number of hydrogen-bond donors (Lipinski definition) is 4. The molecule has 4 rings (SSSR count). The van der Waals surface area contributed by atoms with Gasteiger partial charge in [-0.25, -0.2) is 27.0 Å². The van der Waals surface area contributed by atoms with Crippen molar-refractivity contribution in [3.8, 4) is 0 Å². The summed E-state index contributed by atoms with van der Waals surface area (Å²) in [6.45, 7) is 3.44. The van der Waals surface area contributed by atoms with Crippen molar-refractivity contribution in [3.05, 3.63) is 72.1 Å². The Morgan fingerprint density at radius 1 is 0.886 bits per heavy atom. The fourth-order valence-electron chi connectivity index (χ4n) is 2.97. The van der Waals surface area contributed by atoms with E-state index in [0.717, 1.165) is 0 Å². The number of aromatic nitrogens is 3. The van der Waals surface area contributed by atoms with Crippen LogP contribution in [-0.4, -0.2) is 32.0 Å². The highest BCUT2D eigenvalue weighted by molar-refractivity contribution is 7.92. The third-order valence-corrected chi connectivity index (χ3v) is 6.97. The Kier molecular flexibility index (Phi) is 6.43. The maximum Gasteiger partial charge on any atom is 0.263 e. The van der Waals surface area contributed by atoms with Crippen molar-refractivity contribution in [1.82, 2.24) is 15.1 Å². The molecule has 0 radical (unpaired) electrons. The molecule has 0 fully saturated rings. The summed E-state index contributed by atoms with van der Waals surface area (Å²) in [5.74, 6) is 1.26. The van der Waals surface area contributed by atoms with Crippen LogP contribution in [0.3, 0.4) is 0 Å². The highest BCUT2D eigenvalue weighted by atomic mass is 32.2. The van der Waals surface area contributed by atoms with Gasteiger partial charge in [0.05, 0.1) is 9.79 Å². The Morgan fingerprint density at radius 3 is 2.29 bits per heavy atom. The van der Waals surface area contributed by atoms with Crippen LogP contribution < -0.4 is 20.5 Å². The number of hydrogen-bond acceptors (Lipinski definition) is 10. The topological polar surface area (TPSA) is 182 Å². The first kappa shape index (κ1) is 24.1. The van der Waals surface area contributed by atoms with Gasteiger partial charge >= 0.3 is 0 Å². The average Bonchev–Trinajstić information content (AvgIpc) is 3.20. The molecule has 0 atom stereocenters. The van der Waals surface area contributed by atoms with Crippen LogP contribution in [0, 0.1) is 13.8 Å².